The lowest BCUT2D eigenvalue weighted by molar-refractivity contribution is -0.193. The average molecular weight is 524 g/mol. The first-order valence-corrected chi connectivity index (χ1v) is 11.2. The van der Waals surface area contributed by atoms with Crippen LogP contribution in [0.5, 0.6) is 0 Å². The van der Waals surface area contributed by atoms with Crippen LogP contribution in [0.4, 0.5) is 33.5 Å². The predicted molar refractivity (Wildman–Crippen MR) is 124 cm³/mol. The molecule has 1 saturated heterocycles. The van der Waals surface area contributed by atoms with Crippen molar-refractivity contribution in [3.63, 3.8) is 0 Å². The minimum atomic E-state index is -5.35. The van der Waals surface area contributed by atoms with Gasteiger partial charge in [-0.2, -0.15) is 13.2 Å². The molecule has 0 aliphatic carbocycles. The van der Waals surface area contributed by atoms with E-state index in [9.17, 15) is 36.3 Å². The van der Waals surface area contributed by atoms with Gasteiger partial charge in [0.2, 0.25) is 0 Å². The highest BCUT2D eigenvalue weighted by Crippen LogP contribution is 2.32. The van der Waals surface area contributed by atoms with Crippen LogP contribution in [-0.4, -0.2) is 43.5 Å². The SMILES string of the molecule is Cc1cc(C(C)Nc2ccccc2C(=O)OC(=O)C(F)(F)F)c2oc(N3C[C@@H](F)[C@H](F)C3)cc(=O)c2c1. The Morgan fingerprint density at radius 1 is 1.11 bits per heavy atom. The Morgan fingerprint density at radius 3 is 2.41 bits per heavy atom. The quantitative estimate of drug-likeness (QED) is 0.285. The maximum atomic E-state index is 13.7. The summed E-state index contributed by atoms with van der Waals surface area (Å²) < 4.78 is 75.0. The van der Waals surface area contributed by atoms with Crippen LogP contribution in [0.2, 0.25) is 0 Å². The number of hydrogen-bond acceptors (Lipinski definition) is 7. The summed E-state index contributed by atoms with van der Waals surface area (Å²) in [5.74, 6) is -4.16. The van der Waals surface area contributed by atoms with Crippen molar-refractivity contribution in [1.29, 1.82) is 0 Å². The number of fused-ring (bicyclic) bond motifs is 1. The first-order chi connectivity index (χ1) is 17.3. The highest BCUT2D eigenvalue weighted by atomic mass is 19.4. The van der Waals surface area contributed by atoms with Gasteiger partial charge in [-0.15, -0.1) is 0 Å². The van der Waals surface area contributed by atoms with Crippen molar-refractivity contribution < 1.29 is 40.7 Å². The smallest absolute Gasteiger partial charge is 0.440 e. The van der Waals surface area contributed by atoms with Gasteiger partial charge in [0.25, 0.3) is 0 Å². The molecule has 1 unspecified atom stereocenters. The molecule has 1 N–H and O–H groups in total. The van der Waals surface area contributed by atoms with Crippen molar-refractivity contribution in [2.45, 2.75) is 38.4 Å². The first kappa shape index (κ1) is 26.1. The fourth-order valence-electron chi connectivity index (χ4n) is 4.10. The highest BCUT2D eigenvalue weighted by Gasteiger charge is 2.43. The van der Waals surface area contributed by atoms with Crippen molar-refractivity contribution in [2.24, 2.45) is 0 Å². The molecule has 0 saturated carbocycles. The van der Waals surface area contributed by atoms with E-state index in [1.54, 1.807) is 26.0 Å². The van der Waals surface area contributed by atoms with Gasteiger partial charge in [0, 0.05) is 17.3 Å². The molecular weight excluding hydrogens is 503 g/mol. The summed E-state index contributed by atoms with van der Waals surface area (Å²) >= 11 is 0. The Morgan fingerprint density at radius 2 is 1.76 bits per heavy atom. The van der Waals surface area contributed by atoms with E-state index in [1.165, 1.54) is 29.2 Å². The molecule has 2 aromatic carbocycles. The molecule has 196 valence electrons. The number of para-hydroxylation sites is 1. The van der Waals surface area contributed by atoms with Crippen LogP contribution in [0.25, 0.3) is 11.0 Å². The number of carbonyl (C=O) groups excluding carboxylic acids is 2. The van der Waals surface area contributed by atoms with E-state index in [2.05, 4.69) is 10.1 Å². The number of nitrogens with zero attached hydrogens (tertiary/aromatic N) is 1. The fraction of sp³-hybridized carbons (Fsp3) is 0.320. The summed E-state index contributed by atoms with van der Waals surface area (Å²) in [4.78, 5) is 37.6. The summed E-state index contributed by atoms with van der Waals surface area (Å²) in [5, 5.41) is 3.18. The lowest BCUT2D eigenvalue weighted by Crippen LogP contribution is -2.28. The zero-order valence-corrected chi connectivity index (χ0v) is 19.6. The van der Waals surface area contributed by atoms with Gasteiger partial charge in [-0.3, -0.25) is 4.79 Å². The monoisotopic (exact) mass is 524 g/mol. The lowest BCUT2D eigenvalue weighted by Gasteiger charge is -2.21. The molecule has 1 fully saturated rings. The Bertz CT molecular complexity index is 1410. The van der Waals surface area contributed by atoms with Crippen LogP contribution in [0, 0.1) is 6.92 Å². The van der Waals surface area contributed by atoms with Gasteiger partial charge in [-0.1, -0.05) is 18.2 Å². The van der Waals surface area contributed by atoms with Crippen LogP contribution < -0.4 is 15.6 Å². The standard InChI is InChI=1S/C25H21F5N2O5/c1-12-7-15(22-16(8-12)20(33)9-21(36-22)32-10-17(26)18(27)11-32)13(2)31-19-6-4-3-5-14(19)23(34)37-24(35)25(28,29)30/h3-9,13,17-18,31H,10-11H2,1-2H3/t13?,17-,18-/m1/s1. The van der Waals surface area contributed by atoms with Crippen LogP contribution in [0.3, 0.4) is 0 Å². The minimum Gasteiger partial charge on any atom is -0.440 e. The number of alkyl halides is 5. The number of benzene rings is 2. The number of ether oxygens (including phenoxy) is 1. The van der Waals surface area contributed by atoms with Gasteiger partial charge in [-0.25, -0.2) is 18.4 Å². The topological polar surface area (TPSA) is 88.8 Å². The second-order valence-corrected chi connectivity index (χ2v) is 8.70. The van der Waals surface area contributed by atoms with Crippen LogP contribution >= 0.6 is 0 Å². The van der Waals surface area contributed by atoms with E-state index in [-0.39, 0.29) is 41.2 Å². The third kappa shape index (κ3) is 5.42. The van der Waals surface area contributed by atoms with Crippen LogP contribution in [-0.2, 0) is 9.53 Å². The number of halogens is 5. The van der Waals surface area contributed by atoms with E-state index < -0.39 is 41.9 Å². The van der Waals surface area contributed by atoms with Crippen molar-refractivity contribution >= 4 is 34.5 Å². The summed E-state index contributed by atoms with van der Waals surface area (Å²) in [5.41, 5.74) is 0.568. The van der Waals surface area contributed by atoms with Gasteiger partial charge < -0.3 is 19.4 Å². The van der Waals surface area contributed by atoms with Crippen molar-refractivity contribution in [1.82, 2.24) is 0 Å². The van der Waals surface area contributed by atoms with E-state index in [0.29, 0.717) is 11.1 Å². The second kappa shape index (κ2) is 9.83. The first-order valence-electron chi connectivity index (χ1n) is 11.2. The van der Waals surface area contributed by atoms with Crippen LogP contribution in [0.1, 0.15) is 34.5 Å². The van der Waals surface area contributed by atoms with Crippen LogP contribution in [0.15, 0.2) is 51.7 Å². The minimum absolute atomic E-state index is 0.00718. The van der Waals surface area contributed by atoms with E-state index >= 15 is 0 Å². The zero-order chi connectivity index (χ0) is 27.1. The Hall–Kier alpha value is -3.96. The molecule has 0 amide bonds. The molecule has 1 aliphatic rings. The largest absolute Gasteiger partial charge is 0.491 e. The lowest BCUT2D eigenvalue weighted by atomic mass is 10.0. The number of nitrogens with one attached hydrogen (secondary N) is 1. The Labute approximate surface area is 206 Å². The molecule has 3 atom stereocenters. The molecule has 7 nitrogen and oxygen atoms in total. The summed E-state index contributed by atoms with van der Waals surface area (Å²) in [7, 11) is 0. The van der Waals surface area contributed by atoms with Gasteiger partial charge in [-0.05, 0) is 37.6 Å². The fourth-order valence-corrected chi connectivity index (χ4v) is 4.10. The van der Waals surface area contributed by atoms with Gasteiger partial charge in [0.15, 0.2) is 23.7 Å². The normalized spacial score (nSPS) is 18.6. The maximum absolute atomic E-state index is 13.7. The molecule has 37 heavy (non-hydrogen) atoms. The predicted octanol–water partition coefficient (Wildman–Crippen LogP) is 5.02. The van der Waals surface area contributed by atoms with Gasteiger partial charge in [0.1, 0.15) is 5.58 Å². The third-order valence-corrected chi connectivity index (χ3v) is 5.88. The Kier molecular flexibility index (Phi) is 6.94. The zero-order valence-electron chi connectivity index (χ0n) is 19.6. The number of hydrogen-bond donors (Lipinski definition) is 1. The van der Waals surface area contributed by atoms with Crippen molar-refractivity contribution in [2.75, 3.05) is 23.3 Å². The van der Waals surface area contributed by atoms with Crippen molar-refractivity contribution in [3.8, 4) is 0 Å². The number of anilines is 2. The summed E-state index contributed by atoms with van der Waals surface area (Å²) in [6.07, 6.45) is -8.79. The molecule has 0 bridgehead atoms. The maximum Gasteiger partial charge on any atom is 0.491 e. The molecule has 0 spiro atoms. The summed E-state index contributed by atoms with van der Waals surface area (Å²) in [6.45, 7) is 2.82. The highest BCUT2D eigenvalue weighted by molar-refractivity contribution is 6.02. The number of carbonyl (C=O) groups is 2. The molecule has 1 aromatic heterocycles. The Balaban J connectivity index is 1.69. The van der Waals surface area contributed by atoms with Crippen molar-refractivity contribution in [3.05, 3.63) is 69.4 Å². The molecular formula is C25H21F5N2O5. The number of esters is 2. The number of aryl methyl sites for hydroxylation is 1. The molecule has 1 aliphatic heterocycles. The molecule has 0 radical (unpaired) electrons. The molecule has 3 aromatic rings. The van der Waals surface area contributed by atoms with E-state index in [0.717, 1.165) is 6.07 Å². The third-order valence-electron chi connectivity index (χ3n) is 5.88. The van der Waals surface area contributed by atoms with Gasteiger partial charge in [0.05, 0.1) is 30.1 Å². The molecule has 4 rings (SSSR count). The molecule has 2 heterocycles. The average Bonchev–Trinajstić information content (AvgIpc) is 3.16. The molecule has 12 heteroatoms. The summed E-state index contributed by atoms with van der Waals surface area (Å²) in [6, 6.07) is 9.24. The second-order valence-electron chi connectivity index (χ2n) is 8.70. The number of rotatable bonds is 5. The van der Waals surface area contributed by atoms with E-state index in [4.69, 9.17) is 4.42 Å². The van der Waals surface area contributed by atoms with E-state index in [1.807, 2.05) is 0 Å². The van der Waals surface area contributed by atoms with Gasteiger partial charge >= 0.3 is 18.1 Å².